The standard InChI is InChI=1S/C22H29FO5.C22H30O5.C21H27FO6.C21H28O5.C21H26O5/c1-11-6-14-13-8-16(23)15-7-12(25)4-5-20(15,2)19(13)17(26)9-21(14,3)22(11,28)18(27)10-24;1-12-8-14-15-5-7-22(27,18(26)11-23)21(15,3)10-17(25)19(14)20(2)6-4-13(24)9-16(12)20;1-18-6-5-12(24)7-11(18)3-4-13-14-8-15(25)21(28,17(27)10-23)19(14,2)9-16(26)20(13,18)22;2*1-19-7-5-13(23)9-12(19)3-4-14-15-6-8-21(26,17(25)11-22)20(15,2)10-16(24)18(14)19/h4-5,7,11,13-14,16-17,19,24,26,28H,6,8-10H2,1-3H3;4,6,9,12,14-15,17,19,23,25,27H,5,7-8,10-11H2,1-3H3;5-7,13-16,23,25-26,28H,3-4,8-10H2,1-2H3;5,7,9,14-16,18,22,24,26H,3-4,6,8,10-11H2,1-2H3;5,7,9,14-15,18,22,26H,3-4,6,8,10-11H2,1-2H3. The Balaban J connectivity index is 0.000000123. The number of Topliss-reactive ketones (excluding diaryl/α,β-unsaturated/α-hetero) is 6. The molecule has 0 aliphatic heterocycles. The van der Waals surface area contributed by atoms with E-state index in [0.717, 1.165) is 61.7 Å². The van der Waals surface area contributed by atoms with Crippen molar-refractivity contribution >= 4 is 63.6 Å². The summed E-state index contributed by atoms with van der Waals surface area (Å²) in [5.41, 5.74) is -14.1. The second-order valence-electron chi connectivity index (χ2n) is 47.1. The van der Waals surface area contributed by atoms with E-state index in [1.54, 1.807) is 70.2 Å². The number of hydrogen-bond acceptors (Lipinski definition) is 26. The predicted octanol–water partition coefficient (Wildman–Crippen LogP) is 7.50. The molecule has 0 bridgehead atoms. The highest BCUT2D eigenvalue weighted by Gasteiger charge is 2.79. The van der Waals surface area contributed by atoms with E-state index < -0.39 is 187 Å². The summed E-state index contributed by atoms with van der Waals surface area (Å²) in [5.74, 6) is -5.19. The van der Waals surface area contributed by atoms with Gasteiger partial charge < -0.3 is 76.6 Å². The number of rotatable bonds is 10. The molecule has 28 heteroatoms. The number of halogens is 2. The number of carbonyl (C=O) groups excluding carboxylic acids is 11. The average molecular weight is 1880 g/mol. The molecular formula is C107H140F2O26. The van der Waals surface area contributed by atoms with Gasteiger partial charge in [0.25, 0.3) is 0 Å². The number of fused-ring (bicyclic) bond motifs is 25. The molecule has 15 saturated carbocycles. The normalized spacial score (nSPS) is 50.7. The summed E-state index contributed by atoms with van der Waals surface area (Å²) >= 11 is 0. The fraction of sp³-hybridized carbons (Fsp3) is 0.710. The first kappa shape index (κ1) is 101. The number of carbonyl (C=O) groups is 11. The molecule has 738 valence electrons. The van der Waals surface area contributed by atoms with Crippen molar-refractivity contribution in [1.82, 2.24) is 0 Å². The van der Waals surface area contributed by atoms with Gasteiger partial charge in [-0.1, -0.05) is 129 Å². The summed E-state index contributed by atoms with van der Waals surface area (Å²) in [5, 5.41) is 158. The topological polar surface area (TPSA) is 491 Å². The first-order valence-corrected chi connectivity index (χ1v) is 49.2. The molecule has 0 radical (unpaired) electrons. The molecule has 135 heavy (non-hydrogen) atoms. The maximum atomic E-state index is 16.8. The minimum absolute atomic E-state index is 0.00620. The Morgan fingerprint density at radius 2 is 0.756 bits per heavy atom. The van der Waals surface area contributed by atoms with E-state index in [1.165, 1.54) is 30.4 Å². The third kappa shape index (κ3) is 13.8. The van der Waals surface area contributed by atoms with Gasteiger partial charge in [0, 0.05) is 90.2 Å². The number of allylic oxidation sites excluding steroid dienone is 20. The second kappa shape index (κ2) is 33.9. The summed E-state index contributed by atoms with van der Waals surface area (Å²) in [6.07, 6.45) is 27.6. The summed E-state index contributed by atoms with van der Waals surface area (Å²) in [7, 11) is 0. The van der Waals surface area contributed by atoms with Gasteiger partial charge in [-0.3, -0.25) is 52.7 Å². The van der Waals surface area contributed by atoms with Crippen molar-refractivity contribution in [2.24, 2.45) is 149 Å². The summed E-state index contributed by atoms with van der Waals surface area (Å²) in [6, 6.07) is 0. The number of alkyl halides is 2. The Morgan fingerprint density at radius 1 is 0.370 bits per heavy atom. The molecule has 0 spiro atoms. The van der Waals surface area contributed by atoms with E-state index in [-0.39, 0.29) is 160 Å². The van der Waals surface area contributed by atoms with Crippen LogP contribution in [0.25, 0.3) is 0 Å². The van der Waals surface area contributed by atoms with Crippen LogP contribution in [-0.2, 0) is 52.7 Å². The van der Waals surface area contributed by atoms with Crippen LogP contribution in [0.1, 0.15) is 218 Å². The zero-order chi connectivity index (χ0) is 98.9. The lowest BCUT2D eigenvalue weighted by atomic mass is 9.44. The van der Waals surface area contributed by atoms with Crippen LogP contribution >= 0.6 is 0 Å². The van der Waals surface area contributed by atoms with Gasteiger partial charge in [-0.2, -0.15) is 0 Å². The third-order valence-electron chi connectivity index (χ3n) is 41.9. The van der Waals surface area contributed by atoms with Crippen LogP contribution in [-0.4, -0.2) is 244 Å². The zero-order valence-corrected chi connectivity index (χ0v) is 79.7. The minimum Gasteiger partial charge on any atom is -0.393 e. The molecule has 0 aromatic heterocycles. The Kier molecular flexibility index (Phi) is 25.3. The van der Waals surface area contributed by atoms with Crippen molar-refractivity contribution in [1.29, 1.82) is 0 Å². The molecule has 20 rings (SSSR count). The molecule has 0 saturated heterocycles. The molecule has 20 aliphatic carbocycles. The van der Waals surface area contributed by atoms with E-state index in [0.29, 0.717) is 68.9 Å². The van der Waals surface area contributed by atoms with E-state index in [2.05, 4.69) is 20.8 Å². The Morgan fingerprint density at radius 3 is 1.27 bits per heavy atom. The highest BCUT2D eigenvalue weighted by molar-refractivity contribution is 6.04. The second-order valence-corrected chi connectivity index (χ2v) is 47.1. The van der Waals surface area contributed by atoms with Crippen LogP contribution in [0.3, 0.4) is 0 Å². The molecular weight excluding hydrogens is 1740 g/mol. The Bertz CT molecular complexity index is 5320. The molecule has 26 nitrogen and oxygen atoms in total. The van der Waals surface area contributed by atoms with Crippen molar-refractivity contribution in [2.45, 2.75) is 288 Å². The number of ketones is 11. The molecule has 38 unspecified atom stereocenters. The molecule has 38 atom stereocenters. The largest absolute Gasteiger partial charge is 0.393 e. The predicted molar refractivity (Wildman–Crippen MR) is 485 cm³/mol. The van der Waals surface area contributed by atoms with E-state index in [9.17, 15) is 129 Å². The van der Waals surface area contributed by atoms with Crippen LogP contribution in [0.2, 0.25) is 0 Å². The Labute approximate surface area is 786 Å². The summed E-state index contributed by atoms with van der Waals surface area (Å²) < 4.78 is 32.0. The van der Waals surface area contributed by atoms with Gasteiger partial charge in [0.2, 0.25) is 0 Å². The van der Waals surface area contributed by atoms with Gasteiger partial charge >= 0.3 is 0 Å². The highest BCUT2D eigenvalue weighted by Crippen LogP contribution is 2.75. The smallest absolute Gasteiger partial charge is 0.192 e. The van der Waals surface area contributed by atoms with Crippen LogP contribution in [0, 0.1) is 149 Å². The monoisotopic (exact) mass is 1880 g/mol. The van der Waals surface area contributed by atoms with Gasteiger partial charge in [0.05, 0.1) is 30.5 Å². The molecule has 0 heterocycles. The van der Waals surface area contributed by atoms with Crippen molar-refractivity contribution < 1.29 is 138 Å². The van der Waals surface area contributed by atoms with Crippen LogP contribution in [0.15, 0.2) is 119 Å². The molecule has 0 aromatic rings. The lowest BCUT2D eigenvalue weighted by Crippen LogP contribution is -2.69. The quantitative estimate of drug-likeness (QED) is 0.101. The van der Waals surface area contributed by atoms with E-state index in [1.807, 2.05) is 52.8 Å². The molecule has 20 aliphatic rings. The number of hydrogen-bond donors (Lipinski definition) is 15. The lowest BCUT2D eigenvalue weighted by molar-refractivity contribution is -0.222. The van der Waals surface area contributed by atoms with E-state index in [4.69, 9.17) is 0 Å². The van der Waals surface area contributed by atoms with Crippen molar-refractivity contribution in [3.63, 3.8) is 0 Å². The van der Waals surface area contributed by atoms with Crippen LogP contribution < -0.4 is 0 Å². The van der Waals surface area contributed by atoms with Gasteiger partial charge in [-0.05, 0) is 267 Å². The minimum atomic E-state index is -2.23. The SMILES string of the molecule is CC12C=CC(=O)C=C1CCC1C2C(=O)CC2(C)C1CCC2(O)C(=O)CO.CC12C=CC(=O)C=C1CCC1C2C(O)CC2(C)C1CCC2(O)C(=O)CO.CC12C=CC(=O)C=C1CCC1C3CC(O)C(O)(C(=O)CO)C3(C)CC(O)C12F.CC1CC2C(C(O)CC3(C)C2CCC3(O)C(=O)CO)C2(C)C=CC(=O)C=C12.CC1CC2C3CC(F)C4=CC(=O)C=CC4(C)C3C(O)CC2(C)C1(O)C(=O)CO. The van der Waals surface area contributed by atoms with Crippen molar-refractivity contribution in [3.8, 4) is 0 Å². The van der Waals surface area contributed by atoms with Gasteiger partial charge in [0.1, 0.15) is 67.4 Å². The maximum Gasteiger partial charge on any atom is 0.192 e. The third-order valence-corrected chi connectivity index (χ3v) is 41.9. The van der Waals surface area contributed by atoms with Gasteiger partial charge in [-0.15, -0.1) is 0 Å². The maximum absolute atomic E-state index is 16.8. The zero-order valence-electron chi connectivity index (χ0n) is 79.7. The van der Waals surface area contributed by atoms with Crippen LogP contribution in [0.5, 0.6) is 0 Å². The average Bonchev–Trinajstić information content (AvgIpc) is 1.55. The molecule has 15 N–H and O–H groups in total. The summed E-state index contributed by atoms with van der Waals surface area (Å²) in [4.78, 5) is 134. The number of aliphatic hydroxyl groups excluding tert-OH is 10. The molecule has 0 aromatic carbocycles. The Hall–Kier alpha value is -6.97. The number of aliphatic hydroxyl groups is 15. The highest BCUT2D eigenvalue weighted by atomic mass is 19.1. The fourth-order valence-electron chi connectivity index (χ4n) is 35.1. The first-order chi connectivity index (χ1) is 62.9. The van der Waals surface area contributed by atoms with E-state index >= 15 is 8.78 Å². The van der Waals surface area contributed by atoms with Crippen molar-refractivity contribution in [2.75, 3.05) is 33.0 Å². The van der Waals surface area contributed by atoms with Crippen molar-refractivity contribution in [3.05, 3.63) is 119 Å². The molecule has 15 fully saturated rings. The fourth-order valence-corrected chi connectivity index (χ4v) is 35.1. The lowest BCUT2D eigenvalue weighted by Gasteiger charge is -2.62. The summed E-state index contributed by atoms with van der Waals surface area (Å²) in [6.45, 7) is 19.1. The van der Waals surface area contributed by atoms with Crippen LogP contribution in [0.4, 0.5) is 8.78 Å². The first-order valence-electron chi connectivity index (χ1n) is 49.2. The molecule has 0 amide bonds. The van der Waals surface area contributed by atoms with Gasteiger partial charge in [-0.25, -0.2) is 8.78 Å². The van der Waals surface area contributed by atoms with Gasteiger partial charge in [0.15, 0.2) is 69.1 Å².